The predicted octanol–water partition coefficient (Wildman–Crippen LogP) is 4.44. The van der Waals surface area contributed by atoms with Crippen molar-refractivity contribution in [3.63, 3.8) is 0 Å². The van der Waals surface area contributed by atoms with E-state index < -0.39 is 17.7 Å². The molecule has 30 heavy (non-hydrogen) atoms. The number of carbonyl (C=O) groups excluding carboxylic acids is 2. The number of aliphatic hydroxyl groups is 1. The lowest BCUT2D eigenvalue weighted by molar-refractivity contribution is -0.139. The van der Waals surface area contributed by atoms with Crippen molar-refractivity contribution in [3.8, 4) is 5.75 Å². The molecule has 1 aliphatic rings. The van der Waals surface area contributed by atoms with Crippen LogP contribution in [0, 0.1) is 0 Å². The third kappa shape index (κ3) is 3.95. The molecule has 1 atom stereocenters. The molecule has 0 bridgehead atoms. The topological polar surface area (TPSA) is 79.7 Å². The number of ketones is 1. The van der Waals surface area contributed by atoms with Crippen LogP contribution in [0.15, 0.2) is 48.3 Å². The van der Waals surface area contributed by atoms with Crippen LogP contribution in [0.3, 0.4) is 0 Å². The van der Waals surface area contributed by atoms with E-state index in [4.69, 9.17) is 4.74 Å². The monoisotopic (exact) mass is 408 g/mol. The maximum Gasteiger partial charge on any atom is 0.295 e. The highest BCUT2D eigenvalue weighted by molar-refractivity contribution is 6.46. The fourth-order valence-corrected chi connectivity index (χ4v) is 3.83. The summed E-state index contributed by atoms with van der Waals surface area (Å²) in [5.74, 6) is -0.530. The Balaban J connectivity index is 2.17. The van der Waals surface area contributed by atoms with Crippen LogP contribution < -0.4 is 4.74 Å². The average Bonchev–Trinajstić information content (AvgIpc) is 2.99. The van der Waals surface area contributed by atoms with Crippen molar-refractivity contribution in [2.45, 2.75) is 46.1 Å². The van der Waals surface area contributed by atoms with Gasteiger partial charge in [-0.1, -0.05) is 26.8 Å². The standard InChI is InChI=1S/C24H28N2O4/c1-5-12-26-21(17-8-7-11-25-14-17)20(23(28)24(26)29)22(27)16-9-10-19(30-6-2)18(13-16)15(3)4/h7-11,13-15,21,27H,5-6,12H2,1-4H3/b22-20-. The van der Waals surface area contributed by atoms with Gasteiger partial charge in [-0.25, -0.2) is 0 Å². The fraction of sp³-hybridized carbons (Fsp3) is 0.375. The van der Waals surface area contributed by atoms with Crippen LogP contribution in [0.1, 0.15) is 62.8 Å². The highest BCUT2D eigenvalue weighted by Crippen LogP contribution is 2.40. The third-order valence-electron chi connectivity index (χ3n) is 5.21. The Labute approximate surface area is 177 Å². The highest BCUT2D eigenvalue weighted by atomic mass is 16.5. The molecule has 1 fully saturated rings. The van der Waals surface area contributed by atoms with E-state index in [0.717, 1.165) is 11.3 Å². The van der Waals surface area contributed by atoms with Crippen LogP contribution in [-0.2, 0) is 9.59 Å². The van der Waals surface area contributed by atoms with E-state index >= 15 is 0 Å². The van der Waals surface area contributed by atoms with Crippen molar-refractivity contribution in [3.05, 3.63) is 65.0 Å². The number of Topliss-reactive ketones (excluding diaryl/α,β-unsaturated/α-hetero) is 1. The minimum atomic E-state index is -0.671. The maximum absolute atomic E-state index is 12.9. The Bertz CT molecular complexity index is 966. The smallest absolute Gasteiger partial charge is 0.295 e. The summed E-state index contributed by atoms with van der Waals surface area (Å²) in [7, 11) is 0. The Morgan fingerprint density at radius 1 is 1.23 bits per heavy atom. The lowest BCUT2D eigenvalue weighted by Gasteiger charge is -2.24. The van der Waals surface area contributed by atoms with E-state index in [1.54, 1.807) is 30.6 Å². The summed E-state index contributed by atoms with van der Waals surface area (Å²) in [5, 5.41) is 11.2. The molecule has 1 aromatic heterocycles. The Kier molecular flexibility index (Phi) is 6.55. The number of aromatic nitrogens is 1. The van der Waals surface area contributed by atoms with E-state index in [9.17, 15) is 14.7 Å². The molecule has 2 heterocycles. The van der Waals surface area contributed by atoms with Gasteiger partial charge in [0, 0.05) is 24.5 Å². The zero-order valence-corrected chi connectivity index (χ0v) is 17.9. The number of ether oxygens (including phenoxy) is 1. The number of pyridine rings is 1. The summed E-state index contributed by atoms with van der Waals surface area (Å²) in [6.07, 6.45) is 3.96. The second-order valence-electron chi connectivity index (χ2n) is 7.62. The normalized spacial score (nSPS) is 18.3. The Morgan fingerprint density at radius 2 is 2.00 bits per heavy atom. The van der Waals surface area contributed by atoms with Crippen LogP contribution in [0.4, 0.5) is 0 Å². The van der Waals surface area contributed by atoms with Gasteiger partial charge in [-0.05, 0) is 54.7 Å². The number of amides is 1. The molecule has 0 saturated carbocycles. The lowest BCUT2D eigenvalue weighted by Crippen LogP contribution is -2.30. The molecule has 1 aliphatic heterocycles. The highest BCUT2D eigenvalue weighted by Gasteiger charge is 2.45. The molecule has 1 amide bonds. The van der Waals surface area contributed by atoms with Gasteiger partial charge in [-0.3, -0.25) is 14.6 Å². The van der Waals surface area contributed by atoms with Gasteiger partial charge in [0.15, 0.2) is 0 Å². The second kappa shape index (κ2) is 9.11. The number of hydrogen-bond acceptors (Lipinski definition) is 5. The first-order chi connectivity index (χ1) is 14.4. The molecule has 3 rings (SSSR count). The minimum Gasteiger partial charge on any atom is -0.507 e. The summed E-state index contributed by atoms with van der Waals surface area (Å²) < 4.78 is 5.70. The summed E-state index contributed by atoms with van der Waals surface area (Å²) in [6.45, 7) is 8.90. The van der Waals surface area contributed by atoms with Gasteiger partial charge >= 0.3 is 0 Å². The number of benzene rings is 1. The average molecular weight is 408 g/mol. The zero-order valence-electron chi connectivity index (χ0n) is 17.9. The number of rotatable bonds is 7. The molecule has 2 aromatic rings. The predicted molar refractivity (Wildman–Crippen MR) is 115 cm³/mol. The van der Waals surface area contributed by atoms with Gasteiger partial charge in [-0.2, -0.15) is 0 Å². The summed E-state index contributed by atoms with van der Waals surface area (Å²) in [5.41, 5.74) is 2.22. The van der Waals surface area contributed by atoms with Crippen LogP contribution in [0.2, 0.25) is 0 Å². The van der Waals surface area contributed by atoms with Crippen molar-refractivity contribution in [1.29, 1.82) is 0 Å². The number of aliphatic hydroxyl groups excluding tert-OH is 1. The number of carbonyl (C=O) groups is 2. The first kappa shape index (κ1) is 21.6. The van der Waals surface area contributed by atoms with Gasteiger partial charge in [0.2, 0.25) is 0 Å². The van der Waals surface area contributed by atoms with E-state index in [0.29, 0.717) is 30.7 Å². The molecule has 1 N–H and O–H groups in total. The first-order valence-corrected chi connectivity index (χ1v) is 10.4. The van der Waals surface area contributed by atoms with Crippen molar-refractivity contribution >= 4 is 17.4 Å². The molecule has 6 nitrogen and oxygen atoms in total. The molecular formula is C24H28N2O4. The van der Waals surface area contributed by atoms with Crippen LogP contribution in [0.5, 0.6) is 5.75 Å². The van der Waals surface area contributed by atoms with Crippen LogP contribution in [0.25, 0.3) is 5.76 Å². The Morgan fingerprint density at radius 3 is 2.60 bits per heavy atom. The molecule has 6 heteroatoms. The summed E-state index contributed by atoms with van der Waals surface area (Å²) in [4.78, 5) is 31.3. The van der Waals surface area contributed by atoms with Crippen LogP contribution >= 0.6 is 0 Å². The Hall–Kier alpha value is -3.15. The fourth-order valence-electron chi connectivity index (χ4n) is 3.83. The van der Waals surface area contributed by atoms with Gasteiger partial charge in [0.25, 0.3) is 11.7 Å². The number of likely N-dealkylation sites (tertiary alicyclic amines) is 1. The zero-order chi connectivity index (χ0) is 21.8. The largest absolute Gasteiger partial charge is 0.507 e. The van der Waals surface area contributed by atoms with E-state index in [-0.39, 0.29) is 17.3 Å². The van der Waals surface area contributed by atoms with E-state index in [1.165, 1.54) is 4.90 Å². The second-order valence-corrected chi connectivity index (χ2v) is 7.62. The molecule has 0 radical (unpaired) electrons. The van der Waals surface area contributed by atoms with E-state index in [2.05, 4.69) is 4.98 Å². The molecule has 0 spiro atoms. The molecule has 1 aromatic carbocycles. The maximum atomic E-state index is 12.9. The van der Waals surface area contributed by atoms with Gasteiger partial charge in [0.1, 0.15) is 11.5 Å². The van der Waals surface area contributed by atoms with Crippen LogP contribution in [-0.4, -0.2) is 39.8 Å². The number of nitrogens with zero attached hydrogens (tertiary/aromatic N) is 2. The summed E-state index contributed by atoms with van der Waals surface area (Å²) >= 11 is 0. The molecule has 1 unspecified atom stereocenters. The van der Waals surface area contributed by atoms with Gasteiger partial charge in [0.05, 0.1) is 18.2 Å². The van der Waals surface area contributed by atoms with Crippen molar-refractivity contribution in [2.24, 2.45) is 0 Å². The quantitative estimate of drug-likeness (QED) is 0.416. The lowest BCUT2D eigenvalue weighted by atomic mass is 9.93. The summed E-state index contributed by atoms with van der Waals surface area (Å²) in [6, 6.07) is 8.27. The molecule has 1 saturated heterocycles. The van der Waals surface area contributed by atoms with Crippen molar-refractivity contribution in [2.75, 3.05) is 13.2 Å². The van der Waals surface area contributed by atoms with Gasteiger partial charge in [-0.15, -0.1) is 0 Å². The van der Waals surface area contributed by atoms with Crippen molar-refractivity contribution in [1.82, 2.24) is 9.88 Å². The molecule has 0 aliphatic carbocycles. The van der Waals surface area contributed by atoms with Gasteiger partial charge < -0.3 is 14.7 Å². The van der Waals surface area contributed by atoms with Crippen molar-refractivity contribution < 1.29 is 19.4 Å². The molecular weight excluding hydrogens is 380 g/mol. The first-order valence-electron chi connectivity index (χ1n) is 10.4. The number of hydrogen-bond donors (Lipinski definition) is 1. The third-order valence-corrected chi connectivity index (χ3v) is 5.21. The SMILES string of the molecule is CCCN1C(=O)C(=O)/C(=C(\O)c2ccc(OCC)c(C(C)C)c2)C1c1cccnc1. The molecule has 158 valence electrons. The minimum absolute atomic E-state index is 0.0975. The van der Waals surface area contributed by atoms with E-state index in [1.807, 2.05) is 39.8 Å².